The van der Waals surface area contributed by atoms with Gasteiger partial charge >= 0.3 is 0 Å². The molecule has 1 aliphatic rings. The van der Waals surface area contributed by atoms with Crippen molar-refractivity contribution in [2.24, 2.45) is 5.73 Å². The van der Waals surface area contributed by atoms with Crippen LogP contribution in [0, 0.1) is 17.5 Å². The summed E-state index contributed by atoms with van der Waals surface area (Å²) in [5.41, 5.74) is 4.33. The van der Waals surface area contributed by atoms with Crippen molar-refractivity contribution in [3.63, 3.8) is 0 Å². The number of aromatic hydroxyl groups is 1. The zero-order valence-corrected chi connectivity index (χ0v) is 9.27. The van der Waals surface area contributed by atoms with Gasteiger partial charge in [-0.05, 0) is 12.8 Å². The average Bonchev–Trinajstić information content (AvgIpc) is 2.77. The summed E-state index contributed by atoms with van der Waals surface area (Å²) in [7, 11) is 0. The van der Waals surface area contributed by atoms with Gasteiger partial charge in [0.1, 0.15) is 0 Å². The minimum atomic E-state index is -1.24. The van der Waals surface area contributed by atoms with Crippen LogP contribution in [0.4, 0.5) is 13.2 Å². The quantitative estimate of drug-likeness (QED) is 0.787. The number of hydrogen-bond donors (Lipinski definition) is 2. The van der Waals surface area contributed by atoms with Crippen LogP contribution in [-0.4, -0.2) is 11.7 Å². The van der Waals surface area contributed by atoms with Crippen molar-refractivity contribution in [3.05, 3.63) is 29.1 Å². The Morgan fingerprint density at radius 2 is 1.76 bits per heavy atom. The fourth-order valence-electron chi connectivity index (χ4n) is 2.66. The molecule has 0 aromatic heterocycles. The van der Waals surface area contributed by atoms with Crippen molar-refractivity contribution in [2.45, 2.75) is 31.1 Å². The summed E-state index contributed by atoms with van der Waals surface area (Å²) in [5, 5.41) is 9.25. The molecule has 1 aromatic rings. The number of phenols is 1. The largest absolute Gasteiger partial charge is 0.505 e. The molecule has 5 heteroatoms. The standard InChI is InChI=1S/C12H14F3NO/c13-7-5-8(17)11(15)9(10(7)14)12(6-16)3-1-2-4-12/h5,17H,1-4,6,16H2. The molecule has 3 N–H and O–H groups in total. The minimum absolute atomic E-state index is 0.0454. The summed E-state index contributed by atoms with van der Waals surface area (Å²) in [6.07, 6.45) is 2.63. The van der Waals surface area contributed by atoms with Crippen LogP contribution in [0.25, 0.3) is 0 Å². The Labute approximate surface area is 97.2 Å². The van der Waals surface area contributed by atoms with Gasteiger partial charge in [-0.3, -0.25) is 0 Å². The number of phenolic OH excluding ortho intramolecular Hbond substituents is 1. The average molecular weight is 245 g/mol. The molecule has 1 saturated carbocycles. The van der Waals surface area contributed by atoms with Crippen molar-refractivity contribution < 1.29 is 18.3 Å². The summed E-state index contributed by atoms with van der Waals surface area (Å²) in [6, 6.07) is 0.452. The van der Waals surface area contributed by atoms with E-state index < -0.39 is 34.2 Å². The Hall–Kier alpha value is -1.23. The monoisotopic (exact) mass is 245 g/mol. The number of benzene rings is 1. The molecule has 1 aromatic carbocycles. The fourth-order valence-corrected chi connectivity index (χ4v) is 2.66. The molecule has 0 radical (unpaired) electrons. The summed E-state index contributed by atoms with van der Waals surface area (Å²) < 4.78 is 40.8. The highest BCUT2D eigenvalue weighted by Gasteiger charge is 2.40. The van der Waals surface area contributed by atoms with E-state index in [1.54, 1.807) is 0 Å². The third-order valence-electron chi connectivity index (χ3n) is 3.62. The van der Waals surface area contributed by atoms with E-state index in [9.17, 15) is 18.3 Å². The van der Waals surface area contributed by atoms with Gasteiger partial charge in [0.15, 0.2) is 23.2 Å². The molecule has 0 aliphatic heterocycles. The number of nitrogens with two attached hydrogens (primary N) is 1. The number of hydrogen-bond acceptors (Lipinski definition) is 2. The molecule has 2 rings (SSSR count). The molecule has 0 bridgehead atoms. The van der Waals surface area contributed by atoms with Crippen LogP contribution in [0.1, 0.15) is 31.2 Å². The third-order valence-corrected chi connectivity index (χ3v) is 3.62. The van der Waals surface area contributed by atoms with E-state index in [4.69, 9.17) is 5.73 Å². The van der Waals surface area contributed by atoms with Crippen LogP contribution >= 0.6 is 0 Å². The van der Waals surface area contributed by atoms with Crippen molar-refractivity contribution >= 4 is 0 Å². The first kappa shape index (κ1) is 12.2. The van der Waals surface area contributed by atoms with Gasteiger partial charge in [-0.1, -0.05) is 12.8 Å². The highest BCUT2D eigenvalue weighted by Crippen LogP contribution is 2.44. The molecule has 94 valence electrons. The van der Waals surface area contributed by atoms with Crippen LogP contribution in [0.5, 0.6) is 5.75 Å². The topological polar surface area (TPSA) is 46.2 Å². The molecule has 0 atom stereocenters. The Morgan fingerprint density at radius 1 is 1.18 bits per heavy atom. The van der Waals surface area contributed by atoms with Gasteiger partial charge in [0.2, 0.25) is 0 Å². The van der Waals surface area contributed by atoms with Gasteiger partial charge in [-0.25, -0.2) is 13.2 Å². The second-order valence-corrected chi connectivity index (χ2v) is 4.57. The zero-order chi connectivity index (χ0) is 12.6. The summed E-state index contributed by atoms with van der Waals surface area (Å²) in [4.78, 5) is 0. The molecule has 0 heterocycles. The molecule has 2 nitrogen and oxygen atoms in total. The summed E-state index contributed by atoms with van der Waals surface area (Å²) >= 11 is 0. The van der Waals surface area contributed by atoms with E-state index >= 15 is 0 Å². The first-order valence-electron chi connectivity index (χ1n) is 5.59. The first-order valence-corrected chi connectivity index (χ1v) is 5.59. The third kappa shape index (κ3) is 1.78. The molecular weight excluding hydrogens is 231 g/mol. The number of halogens is 3. The fraction of sp³-hybridized carbons (Fsp3) is 0.500. The Balaban J connectivity index is 2.65. The molecular formula is C12H14F3NO. The van der Waals surface area contributed by atoms with Crippen LogP contribution < -0.4 is 5.73 Å². The maximum Gasteiger partial charge on any atom is 0.171 e. The predicted octanol–water partition coefficient (Wildman–Crippen LogP) is 2.58. The van der Waals surface area contributed by atoms with E-state index in [2.05, 4.69) is 0 Å². The van der Waals surface area contributed by atoms with E-state index in [-0.39, 0.29) is 6.54 Å². The van der Waals surface area contributed by atoms with E-state index in [1.165, 1.54) is 0 Å². The van der Waals surface area contributed by atoms with Crippen LogP contribution in [0.2, 0.25) is 0 Å². The molecule has 0 amide bonds. The second kappa shape index (κ2) is 4.22. The van der Waals surface area contributed by atoms with Crippen LogP contribution in [0.15, 0.2) is 6.07 Å². The van der Waals surface area contributed by atoms with E-state index in [1.807, 2.05) is 0 Å². The molecule has 17 heavy (non-hydrogen) atoms. The SMILES string of the molecule is NCC1(c2c(F)c(O)cc(F)c2F)CCCC1. The summed E-state index contributed by atoms with van der Waals surface area (Å²) in [5.74, 6) is -4.42. The lowest BCUT2D eigenvalue weighted by molar-refractivity contribution is 0.357. The Kier molecular flexibility index (Phi) is 3.03. The lowest BCUT2D eigenvalue weighted by atomic mass is 9.78. The van der Waals surface area contributed by atoms with E-state index in [0.717, 1.165) is 12.8 Å². The van der Waals surface area contributed by atoms with Crippen LogP contribution in [0.3, 0.4) is 0 Å². The lowest BCUT2D eigenvalue weighted by Crippen LogP contribution is -2.34. The van der Waals surface area contributed by atoms with E-state index in [0.29, 0.717) is 18.9 Å². The van der Waals surface area contributed by atoms with Crippen molar-refractivity contribution in [3.8, 4) is 5.75 Å². The smallest absolute Gasteiger partial charge is 0.171 e. The van der Waals surface area contributed by atoms with Gasteiger partial charge in [0.05, 0.1) is 0 Å². The van der Waals surface area contributed by atoms with Crippen molar-refractivity contribution in [1.82, 2.24) is 0 Å². The van der Waals surface area contributed by atoms with Gasteiger partial charge in [-0.2, -0.15) is 0 Å². The second-order valence-electron chi connectivity index (χ2n) is 4.57. The first-order chi connectivity index (χ1) is 8.02. The van der Waals surface area contributed by atoms with Gasteiger partial charge in [-0.15, -0.1) is 0 Å². The maximum absolute atomic E-state index is 13.8. The molecule has 0 saturated heterocycles. The highest BCUT2D eigenvalue weighted by molar-refractivity contribution is 5.38. The normalized spacial score (nSPS) is 18.6. The lowest BCUT2D eigenvalue weighted by Gasteiger charge is -2.28. The Morgan fingerprint density at radius 3 is 2.29 bits per heavy atom. The van der Waals surface area contributed by atoms with Gasteiger partial charge in [0.25, 0.3) is 0 Å². The van der Waals surface area contributed by atoms with Crippen LogP contribution in [-0.2, 0) is 5.41 Å². The predicted molar refractivity (Wildman–Crippen MR) is 57.2 cm³/mol. The van der Waals surface area contributed by atoms with Crippen molar-refractivity contribution in [2.75, 3.05) is 6.54 Å². The molecule has 0 unspecified atom stereocenters. The van der Waals surface area contributed by atoms with Gasteiger partial charge in [0, 0.05) is 23.6 Å². The number of rotatable bonds is 2. The zero-order valence-electron chi connectivity index (χ0n) is 9.27. The molecule has 0 spiro atoms. The van der Waals surface area contributed by atoms with Crippen molar-refractivity contribution in [1.29, 1.82) is 0 Å². The van der Waals surface area contributed by atoms with Gasteiger partial charge < -0.3 is 10.8 Å². The maximum atomic E-state index is 13.8. The minimum Gasteiger partial charge on any atom is -0.505 e. The highest BCUT2D eigenvalue weighted by atomic mass is 19.2. The molecule has 1 aliphatic carbocycles. The Bertz CT molecular complexity index is 416. The summed E-state index contributed by atoms with van der Waals surface area (Å²) in [6.45, 7) is 0.0454. The molecule has 1 fully saturated rings.